The number of hydrogen-bond donors (Lipinski definition) is 0. The van der Waals surface area contributed by atoms with Crippen LogP contribution in [0.1, 0.15) is 12.2 Å². The van der Waals surface area contributed by atoms with Crippen LogP contribution < -0.4 is 0 Å². The summed E-state index contributed by atoms with van der Waals surface area (Å²) in [6.07, 6.45) is 0.699. The number of rotatable bonds is 3. The van der Waals surface area contributed by atoms with Gasteiger partial charge in [-0.15, -0.1) is 11.6 Å². The maximum absolute atomic E-state index is 11.6. The normalized spacial score (nSPS) is 21.6. The summed E-state index contributed by atoms with van der Waals surface area (Å²) in [6.45, 7) is 0.623. The van der Waals surface area contributed by atoms with Crippen molar-refractivity contribution in [1.29, 1.82) is 0 Å². The van der Waals surface area contributed by atoms with Crippen molar-refractivity contribution in [3.8, 4) is 0 Å². The second-order valence-electron chi connectivity index (χ2n) is 5.17. The van der Waals surface area contributed by atoms with Crippen molar-refractivity contribution < 1.29 is 8.42 Å². The van der Waals surface area contributed by atoms with Crippen molar-refractivity contribution in [2.75, 3.05) is 11.5 Å². The van der Waals surface area contributed by atoms with E-state index in [4.69, 9.17) is 23.2 Å². The zero-order valence-corrected chi connectivity index (χ0v) is 13.0. The lowest BCUT2D eigenvalue weighted by atomic mass is 10.1. The molecule has 1 aromatic heterocycles. The molecule has 1 unspecified atom stereocenters. The fourth-order valence-electron chi connectivity index (χ4n) is 2.73. The first-order valence-corrected chi connectivity index (χ1v) is 9.13. The standard InChI is InChI=1S/C13H14Cl2N2O2S/c14-6-13-16-11-2-1-10(15)5-12(11)17(13)7-9-3-4-20(18,19)8-9/h1-2,5,9H,3-4,6-8H2. The van der Waals surface area contributed by atoms with E-state index in [-0.39, 0.29) is 17.4 Å². The van der Waals surface area contributed by atoms with Gasteiger partial charge in [-0.25, -0.2) is 13.4 Å². The van der Waals surface area contributed by atoms with Gasteiger partial charge in [0.25, 0.3) is 0 Å². The molecule has 0 saturated carbocycles. The number of fused-ring (bicyclic) bond motifs is 1. The first-order chi connectivity index (χ1) is 9.48. The van der Waals surface area contributed by atoms with Gasteiger partial charge in [0.2, 0.25) is 0 Å². The minimum absolute atomic E-state index is 0.123. The number of benzene rings is 1. The van der Waals surface area contributed by atoms with E-state index in [0.29, 0.717) is 23.9 Å². The molecule has 3 rings (SSSR count). The summed E-state index contributed by atoms with van der Waals surface area (Å²) in [7, 11) is -2.87. The van der Waals surface area contributed by atoms with Crippen LogP contribution >= 0.6 is 23.2 Å². The molecule has 1 aliphatic rings. The molecule has 0 radical (unpaired) electrons. The fourth-order valence-corrected chi connectivity index (χ4v) is 4.95. The first kappa shape index (κ1) is 14.2. The van der Waals surface area contributed by atoms with E-state index >= 15 is 0 Å². The van der Waals surface area contributed by atoms with E-state index in [2.05, 4.69) is 4.98 Å². The predicted molar refractivity (Wildman–Crippen MR) is 81.1 cm³/mol. The molecule has 2 heterocycles. The molecular weight excluding hydrogens is 319 g/mol. The van der Waals surface area contributed by atoms with Gasteiger partial charge >= 0.3 is 0 Å². The zero-order chi connectivity index (χ0) is 14.3. The van der Waals surface area contributed by atoms with E-state index in [1.807, 2.05) is 16.7 Å². The molecule has 1 saturated heterocycles. The highest BCUT2D eigenvalue weighted by molar-refractivity contribution is 7.91. The van der Waals surface area contributed by atoms with E-state index < -0.39 is 9.84 Å². The average molecular weight is 333 g/mol. The van der Waals surface area contributed by atoms with Crippen LogP contribution in [-0.2, 0) is 22.3 Å². The lowest BCUT2D eigenvalue weighted by Crippen LogP contribution is -2.14. The third-order valence-corrected chi connectivity index (χ3v) is 5.99. The second-order valence-corrected chi connectivity index (χ2v) is 8.11. The highest BCUT2D eigenvalue weighted by atomic mass is 35.5. The van der Waals surface area contributed by atoms with Gasteiger partial charge in [-0.05, 0) is 30.5 Å². The Morgan fingerprint density at radius 3 is 2.85 bits per heavy atom. The summed E-state index contributed by atoms with van der Waals surface area (Å²) in [5.74, 6) is 1.70. The van der Waals surface area contributed by atoms with E-state index in [1.165, 1.54) is 0 Å². The Balaban J connectivity index is 1.99. The number of sulfone groups is 1. The molecule has 1 fully saturated rings. The van der Waals surface area contributed by atoms with Gasteiger partial charge in [-0.1, -0.05) is 11.6 Å². The molecule has 108 valence electrons. The molecule has 0 spiro atoms. The average Bonchev–Trinajstić information content (AvgIpc) is 2.91. The van der Waals surface area contributed by atoms with Crippen molar-refractivity contribution in [2.24, 2.45) is 5.92 Å². The van der Waals surface area contributed by atoms with Gasteiger partial charge in [0.15, 0.2) is 9.84 Å². The summed E-state index contributed by atoms with van der Waals surface area (Å²) in [4.78, 5) is 4.47. The number of aromatic nitrogens is 2. The smallest absolute Gasteiger partial charge is 0.150 e. The number of alkyl halides is 1. The Morgan fingerprint density at radius 1 is 1.40 bits per heavy atom. The Bertz CT molecular complexity index is 755. The molecule has 7 heteroatoms. The van der Waals surface area contributed by atoms with Gasteiger partial charge in [0.05, 0.1) is 28.4 Å². The van der Waals surface area contributed by atoms with E-state index in [9.17, 15) is 8.42 Å². The fraction of sp³-hybridized carbons (Fsp3) is 0.462. The van der Waals surface area contributed by atoms with Crippen LogP contribution in [0.2, 0.25) is 5.02 Å². The molecule has 4 nitrogen and oxygen atoms in total. The first-order valence-electron chi connectivity index (χ1n) is 6.39. The lowest BCUT2D eigenvalue weighted by molar-refractivity contribution is 0.490. The molecule has 1 aliphatic heterocycles. The van der Waals surface area contributed by atoms with Gasteiger partial charge in [-0.3, -0.25) is 0 Å². The number of halogens is 2. The number of imidazole rings is 1. The van der Waals surface area contributed by atoms with Crippen LogP contribution in [0.25, 0.3) is 11.0 Å². The topological polar surface area (TPSA) is 52.0 Å². The minimum Gasteiger partial charge on any atom is -0.327 e. The summed E-state index contributed by atoms with van der Waals surface area (Å²) in [5, 5.41) is 0.638. The third kappa shape index (κ3) is 2.67. The maximum atomic E-state index is 11.6. The number of hydrogen-bond acceptors (Lipinski definition) is 3. The second kappa shape index (κ2) is 5.20. The molecule has 1 aromatic carbocycles. The third-order valence-electron chi connectivity index (χ3n) is 3.68. The van der Waals surface area contributed by atoms with Crippen LogP contribution in [-0.4, -0.2) is 29.5 Å². The lowest BCUT2D eigenvalue weighted by Gasteiger charge is -2.12. The van der Waals surface area contributed by atoms with Gasteiger partial charge in [-0.2, -0.15) is 0 Å². The van der Waals surface area contributed by atoms with Gasteiger partial charge < -0.3 is 4.57 Å². The van der Waals surface area contributed by atoms with Crippen LogP contribution in [0.15, 0.2) is 18.2 Å². The predicted octanol–water partition coefficient (Wildman–Crippen LogP) is 2.86. The van der Waals surface area contributed by atoms with Crippen LogP contribution in [0.3, 0.4) is 0 Å². The minimum atomic E-state index is -2.87. The van der Waals surface area contributed by atoms with Gasteiger partial charge in [0.1, 0.15) is 5.82 Å². The molecular formula is C13H14Cl2N2O2S. The van der Waals surface area contributed by atoms with Crippen LogP contribution in [0.5, 0.6) is 0 Å². The van der Waals surface area contributed by atoms with Crippen molar-refractivity contribution in [2.45, 2.75) is 18.8 Å². The van der Waals surface area contributed by atoms with Crippen molar-refractivity contribution >= 4 is 44.1 Å². The van der Waals surface area contributed by atoms with Crippen molar-refractivity contribution in [1.82, 2.24) is 9.55 Å². The molecule has 2 aromatic rings. The van der Waals surface area contributed by atoms with Gasteiger partial charge in [0, 0.05) is 11.6 Å². The molecule has 0 bridgehead atoms. The summed E-state index contributed by atoms with van der Waals surface area (Å²) < 4.78 is 25.1. The highest BCUT2D eigenvalue weighted by Crippen LogP contribution is 2.26. The summed E-state index contributed by atoms with van der Waals surface area (Å²) in [5.41, 5.74) is 1.75. The molecule has 20 heavy (non-hydrogen) atoms. The summed E-state index contributed by atoms with van der Waals surface area (Å²) >= 11 is 12.0. The quantitative estimate of drug-likeness (QED) is 0.812. The molecule has 1 atom stereocenters. The van der Waals surface area contributed by atoms with Crippen molar-refractivity contribution in [3.05, 3.63) is 29.0 Å². The largest absolute Gasteiger partial charge is 0.327 e. The Labute approximate surface area is 127 Å². The SMILES string of the molecule is O=S1(=O)CCC(Cn2c(CCl)nc3ccc(Cl)cc32)C1. The molecule has 0 amide bonds. The van der Waals surface area contributed by atoms with E-state index in [1.54, 1.807) is 6.07 Å². The monoisotopic (exact) mass is 332 g/mol. The molecule has 0 aliphatic carbocycles. The van der Waals surface area contributed by atoms with Crippen LogP contribution in [0, 0.1) is 5.92 Å². The zero-order valence-electron chi connectivity index (χ0n) is 10.7. The maximum Gasteiger partial charge on any atom is 0.150 e. The Morgan fingerprint density at radius 2 is 2.20 bits per heavy atom. The Kier molecular flexibility index (Phi) is 3.69. The molecule has 0 N–H and O–H groups in total. The van der Waals surface area contributed by atoms with Crippen molar-refractivity contribution in [3.63, 3.8) is 0 Å². The number of nitrogens with zero attached hydrogens (tertiary/aromatic N) is 2. The Hall–Kier alpha value is -0.780. The summed E-state index contributed by atoms with van der Waals surface area (Å²) in [6, 6.07) is 5.50. The van der Waals surface area contributed by atoms with Crippen LogP contribution in [0.4, 0.5) is 0 Å². The highest BCUT2D eigenvalue weighted by Gasteiger charge is 2.29. The van der Waals surface area contributed by atoms with E-state index in [0.717, 1.165) is 16.9 Å².